The molecule has 0 radical (unpaired) electrons. The van der Waals surface area contributed by atoms with Gasteiger partial charge in [-0.15, -0.1) is 0 Å². The summed E-state index contributed by atoms with van der Waals surface area (Å²) >= 11 is 0. The molecule has 0 spiro atoms. The number of hydrogen-bond acceptors (Lipinski definition) is 6. The van der Waals surface area contributed by atoms with Crippen LogP contribution in [0.3, 0.4) is 0 Å². The van der Waals surface area contributed by atoms with E-state index in [0.717, 1.165) is 44.1 Å². The van der Waals surface area contributed by atoms with Crippen molar-refractivity contribution in [2.75, 3.05) is 46.0 Å². The van der Waals surface area contributed by atoms with Gasteiger partial charge in [-0.2, -0.15) is 5.10 Å². The van der Waals surface area contributed by atoms with Crippen molar-refractivity contribution >= 4 is 5.91 Å². The zero-order valence-electron chi connectivity index (χ0n) is 16.9. The van der Waals surface area contributed by atoms with Gasteiger partial charge in [0.05, 0.1) is 32.0 Å². The van der Waals surface area contributed by atoms with Crippen LogP contribution in [0.4, 0.5) is 0 Å². The topological polar surface area (TPSA) is 72.7 Å². The molecule has 2 fully saturated rings. The fourth-order valence-electron chi connectivity index (χ4n) is 4.17. The van der Waals surface area contributed by atoms with E-state index in [1.807, 2.05) is 41.0 Å². The minimum Gasteiger partial charge on any atom is -0.379 e. The van der Waals surface area contributed by atoms with Crippen LogP contribution in [-0.2, 0) is 27.7 Å². The number of carbonyl (C=O) groups excluding carboxylic acids is 1. The minimum absolute atomic E-state index is 0.0771. The highest BCUT2D eigenvalue weighted by molar-refractivity contribution is 5.77. The van der Waals surface area contributed by atoms with Crippen molar-refractivity contribution in [2.24, 2.45) is 7.05 Å². The lowest BCUT2D eigenvalue weighted by Crippen LogP contribution is -2.53. The Labute approximate surface area is 171 Å². The standard InChI is InChI=1S/C21H29N5O3/c1-24-18(6-8-23-24)4-5-20(27)26-11-14-29-19(16-25-9-12-28-13-10-25)21(26)17-3-2-7-22-15-17/h2-3,6-8,15,19,21H,4-5,9-14,16H2,1H3/t19-,21-/m0/s1. The summed E-state index contributed by atoms with van der Waals surface area (Å²) in [6.07, 6.45) is 6.45. The number of rotatable bonds is 6. The molecule has 2 aliphatic rings. The highest BCUT2D eigenvalue weighted by Gasteiger charge is 2.37. The molecule has 2 aliphatic heterocycles. The first kappa shape index (κ1) is 20.0. The number of amides is 1. The van der Waals surface area contributed by atoms with Crippen molar-refractivity contribution in [2.45, 2.75) is 25.0 Å². The Morgan fingerprint density at radius 2 is 2.03 bits per heavy atom. The smallest absolute Gasteiger partial charge is 0.223 e. The van der Waals surface area contributed by atoms with Crippen molar-refractivity contribution in [3.05, 3.63) is 48.0 Å². The van der Waals surface area contributed by atoms with E-state index in [0.29, 0.717) is 26.0 Å². The van der Waals surface area contributed by atoms with Gasteiger partial charge in [-0.25, -0.2) is 0 Å². The van der Waals surface area contributed by atoms with Gasteiger partial charge in [0.25, 0.3) is 0 Å². The maximum Gasteiger partial charge on any atom is 0.223 e. The number of aromatic nitrogens is 3. The van der Waals surface area contributed by atoms with Crippen molar-refractivity contribution in [3.63, 3.8) is 0 Å². The second-order valence-electron chi connectivity index (χ2n) is 7.59. The fourth-order valence-corrected chi connectivity index (χ4v) is 4.17. The van der Waals surface area contributed by atoms with Gasteiger partial charge in [0.1, 0.15) is 0 Å². The molecule has 1 amide bonds. The second-order valence-corrected chi connectivity index (χ2v) is 7.59. The van der Waals surface area contributed by atoms with Crippen LogP contribution in [0.15, 0.2) is 36.8 Å². The Hall–Kier alpha value is -2.29. The molecule has 0 N–H and O–H groups in total. The summed E-state index contributed by atoms with van der Waals surface area (Å²) < 4.78 is 13.5. The molecule has 0 bridgehead atoms. The first-order valence-corrected chi connectivity index (χ1v) is 10.3. The van der Waals surface area contributed by atoms with Crippen LogP contribution in [-0.4, -0.2) is 82.6 Å². The largest absolute Gasteiger partial charge is 0.379 e. The van der Waals surface area contributed by atoms with Gasteiger partial charge >= 0.3 is 0 Å². The zero-order chi connectivity index (χ0) is 20.1. The average Bonchev–Trinajstić information content (AvgIpc) is 3.18. The number of carbonyl (C=O) groups is 1. The molecule has 0 aromatic carbocycles. The lowest BCUT2D eigenvalue weighted by molar-refractivity contribution is -0.149. The quantitative estimate of drug-likeness (QED) is 0.723. The van der Waals surface area contributed by atoms with Gasteiger partial charge in [-0.1, -0.05) is 6.07 Å². The predicted octanol–water partition coefficient (Wildman–Crippen LogP) is 1.05. The van der Waals surface area contributed by atoms with Crippen molar-refractivity contribution in [1.82, 2.24) is 24.6 Å². The highest BCUT2D eigenvalue weighted by Crippen LogP contribution is 2.31. The van der Waals surface area contributed by atoms with Crippen LogP contribution < -0.4 is 0 Å². The summed E-state index contributed by atoms with van der Waals surface area (Å²) in [5, 5.41) is 4.19. The van der Waals surface area contributed by atoms with Crippen LogP contribution in [0.25, 0.3) is 0 Å². The maximum absolute atomic E-state index is 13.2. The van der Waals surface area contributed by atoms with E-state index >= 15 is 0 Å². The molecular formula is C21H29N5O3. The predicted molar refractivity (Wildman–Crippen MR) is 107 cm³/mol. The lowest BCUT2D eigenvalue weighted by atomic mass is 9.98. The Bertz CT molecular complexity index is 791. The summed E-state index contributed by atoms with van der Waals surface area (Å²) in [6, 6.07) is 5.81. The molecule has 4 rings (SSSR count). The van der Waals surface area contributed by atoms with E-state index < -0.39 is 0 Å². The van der Waals surface area contributed by atoms with E-state index in [1.165, 1.54) is 0 Å². The van der Waals surface area contributed by atoms with Gasteiger partial charge in [0.2, 0.25) is 5.91 Å². The van der Waals surface area contributed by atoms with Crippen molar-refractivity contribution in [1.29, 1.82) is 0 Å². The second kappa shape index (κ2) is 9.47. The van der Waals surface area contributed by atoms with Crippen LogP contribution in [0.1, 0.15) is 23.7 Å². The van der Waals surface area contributed by atoms with E-state index in [1.54, 1.807) is 12.4 Å². The minimum atomic E-state index is -0.126. The summed E-state index contributed by atoms with van der Waals surface area (Å²) in [5.41, 5.74) is 2.09. The van der Waals surface area contributed by atoms with Gasteiger partial charge < -0.3 is 14.4 Å². The molecule has 0 unspecified atom stereocenters. The van der Waals surface area contributed by atoms with Crippen LogP contribution in [0, 0.1) is 0 Å². The SMILES string of the molecule is Cn1nccc1CCC(=O)N1CCO[C@@H](CN2CCOCC2)[C@@H]1c1cccnc1. The maximum atomic E-state index is 13.2. The van der Waals surface area contributed by atoms with E-state index in [9.17, 15) is 4.79 Å². The van der Waals surface area contributed by atoms with E-state index in [-0.39, 0.29) is 18.1 Å². The number of morpholine rings is 2. The molecule has 0 aliphatic carbocycles. The Morgan fingerprint density at radius 3 is 2.76 bits per heavy atom. The van der Waals surface area contributed by atoms with Crippen LogP contribution in [0.2, 0.25) is 0 Å². The normalized spacial score (nSPS) is 23.3. The molecule has 4 heterocycles. The van der Waals surface area contributed by atoms with E-state index in [2.05, 4.69) is 15.0 Å². The highest BCUT2D eigenvalue weighted by atomic mass is 16.5. The molecule has 2 aromatic heterocycles. The summed E-state index contributed by atoms with van der Waals surface area (Å²) in [5.74, 6) is 0.148. The van der Waals surface area contributed by atoms with Gasteiger partial charge in [-0.05, 0) is 24.1 Å². The molecule has 29 heavy (non-hydrogen) atoms. The molecule has 2 saturated heterocycles. The van der Waals surface area contributed by atoms with Crippen molar-refractivity contribution in [3.8, 4) is 0 Å². The van der Waals surface area contributed by atoms with Crippen LogP contribution >= 0.6 is 0 Å². The Balaban J connectivity index is 1.50. The van der Waals surface area contributed by atoms with E-state index in [4.69, 9.17) is 9.47 Å². The summed E-state index contributed by atoms with van der Waals surface area (Å²) in [4.78, 5) is 21.9. The molecule has 0 saturated carbocycles. The third kappa shape index (κ3) is 4.83. The summed E-state index contributed by atoms with van der Waals surface area (Å²) in [7, 11) is 1.91. The first-order chi connectivity index (χ1) is 14.2. The summed E-state index contributed by atoms with van der Waals surface area (Å²) in [6.45, 7) is 5.23. The Kier molecular flexibility index (Phi) is 6.53. The van der Waals surface area contributed by atoms with Gasteiger partial charge in [0, 0.05) is 63.9 Å². The third-order valence-corrected chi connectivity index (χ3v) is 5.76. The van der Waals surface area contributed by atoms with Gasteiger partial charge in [0.15, 0.2) is 0 Å². The lowest BCUT2D eigenvalue weighted by Gasteiger charge is -2.43. The van der Waals surface area contributed by atoms with Crippen LogP contribution in [0.5, 0.6) is 0 Å². The molecule has 8 heteroatoms. The third-order valence-electron chi connectivity index (χ3n) is 5.76. The Morgan fingerprint density at radius 1 is 1.17 bits per heavy atom. The average molecular weight is 399 g/mol. The monoisotopic (exact) mass is 399 g/mol. The molecule has 8 nitrogen and oxygen atoms in total. The zero-order valence-corrected chi connectivity index (χ0v) is 16.9. The number of hydrogen-bond donors (Lipinski definition) is 0. The fraction of sp³-hybridized carbons (Fsp3) is 0.571. The first-order valence-electron chi connectivity index (χ1n) is 10.3. The number of ether oxygens (including phenoxy) is 2. The number of pyridine rings is 1. The molecular weight excluding hydrogens is 370 g/mol. The van der Waals surface area contributed by atoms with Crippen molar-refractivity contribution < 1.29 is 14.3 Å². The molecule has 2 atom stereocenters. The van der Waals surface area contributed by atoms with Gasteiger partial charge in [-0.3, -0.25) is 19.4 Å². The molecule has 2 aromatic rings. The number of aryl methyl sites for hydroxylation is 2. The molecule has 156 valence electrons. The number of nitrogens with zero attached hydrogens (tertiary/aromatic N) is 5.